The molecule has 4 nitrogen and oxygen atoms in total. The van der Waals surface area contributed by atoms with Gasteiger partial charge in [-0.2, -0.15) is 0 Å². The van der Waals surface area contributed by atoms with E-state index >= 15 is 0 Å². The summed E-state index contributed by atoms with van der Waals surface area (Å²) in [5.74, 6) is 1.39. The van der Waals surface area contributed by atoms with Crippen LogP contribution in [0.15, 0.2) is 60.7 Å². The van der Waals surface area contributed by atoms with E-state index in [1.165, 1.54) is 11.3 Å². The molecule has 0 N–H and O–H groups in total. The van der Waals surface area contributed by atoms with Crippen LogP contribution in [-0.4, -0.2) is 31.6 Å². The Balaban J connectivity index is 1.78. The van der Waals surface area contributed by atoms with Crippen molar-refractivity contribution in [1.29, 1.82) is 0 Å². The Labute approximate surface area is 164 Å². The summed E-state index contributed by atoms with van der Waals surface area (Å²) >= 11 is 1.53. The second-order valence-electron chi connectivity index (χ2n) is 6.04. The summed E-state index contributed by atoms with van der Waals surface area (Å²) in [7, 11) is 3.22. The number of rotatable bonds is 7. The van der Waals surface area contributed by atoms with Crippen LogP contribution in [0.5, 0.6) is 11.5 Å². The standard InChI is InChI=1S/C22H23NO3S/c1-4-23(15-16-10-11-18(25-2)19(14-16)26-3)22(24)21-13-12-20(27-21)17-8-6-5-7-9-17/h5-14H,4,15H2,1-3H3. The van der Waals surface area contributed by atoms with Gasteiger partial charge in [0.25, 0.3) is 5.91 Å². The summed E-state index contributed by atoms with van der Waals surface area (Å²) < 4.78 is 10.6. The average Bonchev–Trinajstić information content (AvgIpc) is 3.22. The molecule has 0 aliphatic carbocycles. The summed E-state index contributed by atoms with van der Waals surface area (Å²) in [5.41, 5.74) is 2.13. The van der Waals surface area contributed by atoms with E-state index in [0.29, 0.717) is 24.6 Å². The lowest BCUT2D eigenvalue weighted by atomic mass is 10.1. The van der Waals surface area contributed by atoms with Gasteiger partial charge in [0, 0.05) is 18.0 Å². The lowest BCUT2D eigenvalue weighted by Crippen LogP contribution is -2.29. The number of carbonyl (C=O) groups is 1. The van der Waals surface area contributed by atoms with Gasteiger partial charge in [0.2, 0.25) is 0 Å². The maximum atomic E-state index is 13.0. The molecule has 5 heteroatoms. The van der Waals surface area contributed by atoms with Gasteiger partial charge in [0.1, 0.15) is 0 Å². The van der Waals surface area contributed by atoms with Crippen LogP contribution in [0.25, 0.3) is 10.4 Å². The van der Waals surface area contributed by atoms with Crippen molar-refractivity contribution in [2.24, 2.45) is 0 Å². The monoisotopic (exact) mass is 381 g/mol. The Kier molecular flexibility index (Phi) is 6.14. The number of hydrogen-bond acceptors (Lipinski definition) is 4. The van der Waals surface area contributed by atoms with Crippen molar-refractivity contribution in [3.8, 4) is 21.9 Å². The van der Waals surface area contributed by atoms with Gasteiger partial charge in [-0.05, 0) is 42.3 Å². The first-order valence-corrected chi connectivity index (χ1v) is 9.63. The van der Waals surface area contributed by atoms with Gasteiger partial charge < -0.3 is 14.4 Å². The Morgan fingerprint density at radius 2 is 1.70 bits per heavy atom. The Hall–Kier alpha value is -2.79. The SMILES string of the molecule is CCN(Cc1ccc(OC)c(OC)c1)C(=O)c1ccc(-c2ccccc2)s1. The predicted molar refractivity (Wildman–Crippen MR) is 110 cm³/mol. The summed E-state index contributed by atoms with van der Waals surface area (Å²) in [6.07, 6.45) is 0. The number of nitrogens with zero attached hydrogens (tertiary/aromatic N) is 1. The minimum atomic E-state index is 0.0412. The van der Waals surface area contributed by atoms with E-state index in [0.717, 1.165) is 20.9 Å². The van der Waals surface area contributed by atoms with E-state index in [-0.39, 0.29) is 5.91 Å². The highest BCUT2D eigenvalue weighted by atomic mass is 32.1. The molecule has 2 aromatic carbocycles. The van der Waals surface area contributed by atoms with Gasteiger partial charge in [0.15, 0.2) is 11.5 Å². The normalized spacial score (nSPS) is 10.5. The van der Waals surface area contributed by atoms with Crippen LogP contribution in [0.4, 0.5) is 0 Å². The van der Waals surface area contributed by atoms with Gasteiger partial charge in [0.05, 0.1) is 19.1 Å². The second kappa shape index (κ2) is 8.73. The molecular formula is C22H23NO3S. The van der Waals surface area contributed by atoms with E-state index in [1.54, 1.807) is 14.2 Å². The number of ether oxygens (including phenoxy) is 2. The molecule has 0 atom stereocenters. The van der Waals surface area contributed by atoms with Gasteiger partial charge in [-0.25, -0.2) is 0 Å². The highest BCUT2D eigenvalue weighted by molar-refractivity contribution is 7.17. The van der Waals surface area contributed by atoms with Crippen LogP contribution in [0.1, 0.15) is 22.2 Å². The van der Waals surface area contributed by atoms with Crippen LogP contribution in [0.2, 0.25) is 0 Å². The van der Waals surface area contributed by atoms with Crippen molar-refractivity contribution in [3.05, 3.63) is 71.1 Å². The van der Waals surface area contributed by atoms with Crippen molar-refractivity contribution in [1.82, 2.24) is 4.90 Å². The van der Waals surface area contributed by atoms with Crippen molar-refractivity contribution in [2.45, 2.75) is 13.5 Å². The molecule has 0 fully saturated rings. The number of methoxy groups -OCH3 is 2. The van der Waals surface area contributed by atoms with Crippen molar-refractivity contribution in [3.63, 3.8) is 0 Å². The van der Waals surface area contributed by atoms with E-state index in [1.807, 2.05) is 60.4 Å². The van der Waals surface area contributed by atoms with Gasteiger partial charge >= 0.3 is 0 Å². The zero-order chi connectivity index (χ0) is 19.2. The molecule has 0 aliphatic heterocycles. The fourth-order valence-corrected chi connectivity index (χ4v) is 3.87. The molecule has 3 rings (SSSR count). The Morgan fingerprint density at radius 1 is 0.963 bits per heavy atom. The van der Waals surface area contributed by atoms with Crippen LogP contribution >= 0.6 is 11.3 Å². The molecule has 0 bridgehead atoms. The predicted octanol–water partition coefficient (Wildman–Crippen LogP) is 5.09. The Morgan fingerprint density at radius 3 is 2.37 bits per heavy atom. The third kappa shape index (κ3) is 4.31. The van der Waals surface area contributed by atoms with Crippen LogP contribution in [0.3, 0.4) is 0 Å². The lowest BCUT2D eigenvalue weighted by Gasteiger charge is -2.21. The number of amides is 1. The first-order valence-electron chi connectivity index (χ1n) is 8.81. The molecule has 0 aliphatic rings. The average molecular weight is 381 g/mol. The maximum Gasteiger partial charge on any atom is 0.264 e. The molecule has 0 radical (unpaired) electrons. The van der Waals surface area contributed by atoms with E-state index in [2.05, 4.69) is 12.1 Å². The molecule has 0 saturated heterocycles. The highest BCUT2D eigenvalue weighted by Crippen LogP contribution is 2.30. The first kappa shape index (κ1) is 19.0. The van der Waals surface area contributed by atoms with Crippen molar-refractivity contribution in [2.75, 3.05) is 20.8 Å². The van der Waals surface area contributed by atoms with Crippen molar-refractivity contribution < 1.29 is 14.3 Å². The van der Waals surface area contributed by atoms with Crippen LogP contribution < -0.4 is 9.47 Å². The summed E-state index contributed by atoms with van der Waals surface area (Å²) in [6.45, 7) is 3.14. The smallest absolute Gasteiger partial charge is 0.264 e. The van der Waals surface area contributed by atoms with Crippen molar-refractivity contribution >= 4 is 17.2 Å². The fraction of sp³-hybridized carbons (Fsp3) is 0.227. The van der Waals surface area contributed by atoms with Crippen LogP contribution in [0, 0.1) is 0 Å². The topological polar surface area (TPSA) is 38.8 Å². The molecule has 1 aromatic heterocycles. The maximum absolute atomic E-state index is 13.0. The molecule has 1 heterocycles. The van der Waals surface area contributed by atoms with Gasteiger partial charge in [-0.1, -0.05) is 36.4 Å². The molecule has 140 valence electrons. The van der Waals surface area contributed by atoms with E-state index in [4.69, 9.17) is 9.47 Å². The number of thiophene rings is 1. The molecular weight excluding hydrogens is 358 g/mol. The molecule has 1 amide bonds. The molecule has 0 saturated carbocycles. The second-order valence-corrected chi connectivity index (χ2v) is 7.12. The highest BCUT2D eigenvalue weighted by Gasteiger charge is 2.18. The summed E-state index contributed by atoms with van der Waals surface area (Å²) in [5, 5.41) is 0. The molecule has 0 unspecified atom stereocenters. The molecule has 27 heavy (non-hydrogen) atoms. The molecule has 0 spiro atoms. The third-order valence-electron chi connectivity index (χ3n) is 4.37. The first-order chi connectivity index (χ1) is 13.2. The lowest BCUT2D eigenvalue weighted by molar-refractivity contribution is 0.0757. The zero-order valence-electron chi connectivity index (χ0n) is 15.8. The number of hydrogen-bond donors (Lipinski definition) is 0. The van der Waals surface area contributed by atoms with E-state index < -0.39 is 0 Å². The third-order valence-corrected chi connectivity index (χ3v) is 5.49. The zero-order valence-corrected chi connectivity index (χ0v) is 16.6. The largest absolute Gasteiger partial charge is 0.493 e. The minimum absolute atomic E-state index is 0.0412. The number of carbonyl (C=O) groups excluding carboxylic acids is 1. The molecule has 3 aromatic rings. The summed E-state index contributed by atoms with van der Waals surface area (Å²) in [6, 6.07) is 19.8. The quantitative estimate of drug-likeness (QED) is 0.572. The Bertz CT molecular complexity index is 905. The minimum Gasteiger partial charge on any atom is -0.493 e. The fourth-order valence-electron chi connectivity index (χ4n) is 2.89. The summed E-state index contributed by atoms with van der Waals surface area (Å²) in [4.78, 5) is 16.7. The van der Waals surface area contributed by atoms with Gasteiger partial charge in [-0.15, -0.1) is 11.3 Å². The van der Waals surface area contributed by atoms with Crippen LogP contribution in [-0.2, 0) is 6.54 Å². The number of benzene rings is 2. The van der Waals surface area contributed by atoms with E-state index in [9.17, 15) is 4.79 Å². The van der Waals surface area contributed by atoms with Gasteiger partial charge in [-0.3, -0.25) is 4.79 Å².